The molecule has 0 aliphatic heterocycles. The van der Waals surface area contributed by atoms with Crippen LogP contribution < -0.4 is 0 Å². The minimum atomic E-state index is -0.619. The van der Waals surface area contributed by atoms with Gasteiger partial charge in [-0.25, -0.2) is 0 Å². The maximum absolute atomic E-state index is 10.2. The molecule has 2 aromatic rings. The molecule has 1 heterocycles. The van der Waals surface area contributed by atoms with Crippen molar-refractivity contribution in [3.63, 3.8) is 0 Å². The number of aryl methyl sites for hydroxylation is 1. The summed E-state index contributed by atoms with van der Waals surface area (Å²) in [5.74, 6) is 0. The molecule has 0 spiro atoms. The summed E-state index contributed by atoms with van der Waals surface area (Å²) in [7, 11) is 0. The number of benzene rings is 1. The van der Waals surface area contributed by atoms with Gasteiger partial charge in [0.15, 0.2) is 0 Å². The number of thiophene rings is 1. The molecule has 0 fully saturated rings. The second-order valence-electron chi connectivity index (χ2n) is 3.53. The van der Waals surface area contributed by atoms with Gasteiger partial charge in [0.1, 0.15) is 6.10 Å². The maximum atomic E-state index is 10.2. The Hall–Kier alpha value is -0.350. The quantitative estimate of drug-likeness (QED) is 0.861. The highest BCUT2D eigenvalue weighted by atomic mass is 79.9. The molecule has 0 saturated carbocycles. The minimum Gasteiger partial charge on any atom is -0.383 e. The Bertz CT molecular complexity index is 509. The van der Waals surface area contributed by atoms with E-state index in [0.29, 0.717) is 5.02 Å². The summed E-state index contributed by atoms with van der Waals surface area (Å²) in [6.07, 6.45) is -0.619. The predicted molar refractivity (Wildman–Crippen MR) is 72.3 cm³/mol. The van der Waals surface area contributed by atoms with Gasteiger partial charge in [-0.15, -0.1) is 11.3 Å². The maximum Gasteiger partial charge on any atom is 0.114 e. The van der Waals surface area contributed by atoms with Gasteiger partial charge in [-0.2, -0.15) is 0 Å². The molecule has 4 heteroatoms. The molecule has 2 rings (SSSR count). The molecular formula is C12H10BrClOS. The predicted octanol–water partition coefficient (Wildman–Crippen LogP) is 4.55. The van der Waals surface area contributed by atoms with Crippen LogP contribution in [0.15, 0.2) is 34.8 Å². The molecule has 0 aliphatic carbocycles. The van der Waals surface area contributed by atoms with Gasteiger partial charge in [0.2, 0.25) is 0 Å². The van der Waals surface area contributed by atoms with E-state index >= 15 is 0 Å². The summed E-state index contributed by atoms with van der Waals surface area (Å²) in [6, 6.07) is 9.31. The Balaban J connectivity index is 2.38. The second-order valence-corrected chi connectivity index (χ2v) is 6.11. The number of halogens is 2. The molecule has 84 valence electrons. The highest BCUT2D eigenvalue weighted by Crippen LogP contribution is 2.35. The van der Waals surface area contributed by atoms with Gasteiger partial charge in [0, 0.05) is 14.4 Å². The third-order valence-corrected chi connectivity index (χ3v) is 4.51. The molecule has 1 aromatic carbocycles. The summed E-state index contributed by atoms with van der Waals surface area (Å²) in [6.45, 7) is 2.02. The monoisotopic (exact) mass is 316 g/mol. The van der Waals surface area contributed by atoms with Gasteiger partial charge in [0.05, 0.1) is 4.88 Å². The third kappa shape index (κ3) is 2.48. The van der Waals surface area contributed by atoms with Crippen molar-refractivity contribution in [3.8, 4) is 0 Å². The number of aliphatic hydroxyl groups is 1. The van der Waals surface area contributed by atoms with E-state index in [-0.39, 0.29) is 0 Å². The Morgan fingerprint density at radius 2 is 2.12 bits per heavy atom. The van der Waals surface area contributed by atoms with Crippen molar-refractivity contribution in [2.45, 2.75) is 13.0 Å². The SMILES string of the molecule is Cc1cc(Br)c(C(O)c2cccc(Cl)c2)s1. The molecule has 0 amide bonds. The zero-order valence-electron chi connectivity index (χ0n) is 8.58. The number of hydrogen-bond donors (Lipinski definition) is 1. The van der Waals surface area contributed by atoms with E-state index in [1.54, 1.807) is 23.5 Å². The van der Waals surface area contributed by atoms with Crippen molar-refractivity contribution in [1.29, 1.82) is 0 Å². The Morgan fingerprint density at radius 1 is 1.38 bits per heavy atom. The van der Waals surface area contributed by atoms with E-state index in [2.05, 4.69) is 15.9 Å². The highest BCUT2D eigenvalue weighted by molar-refractivity contribution is 9.10. The normalized spacial score (nSPS) is 12.8. The van der Waals surface area contributed by atoms with Crippen LogP contribution in [0.3, 0.4) is 0 Å². The van der Waals surface area contributed by atoms with Crippen molar-refractivity contribution >= 4 is 38.9 Å². The van der Waals surface area contributed by atoms with E-state index < -0.39 is 6.10 Å². The molecule has 1 N–H and O–H groups in total. The van der Waals surface area contributed by atoms with Crippen molar-refractivity contribution in [2.24, 2.45) is 0 Å². The summed E-state index contributed by atoms with van der Waals surface area (Å²) in [5, 5.41) is 10.9. The van der Waals surface area contributed by atoms with E-state index in [4.69, 9.17) is 11.6 Å². The fourth-order valence-corrected chi connectivity index (χ4v) is 3.60. The standard InChI is InChI=1S/C12H10BrClOS/c1-7-5-10(13)12(16-7)11(15)8-3-2-4-9(14)6-8/h2-6,11,15H,1H3. The van der Waals surface area contributed by atoms with Crippen LogP contribution >= 0.6 is 38.9 Å². The van der Waals surface area contributed by atoms with E-state index in [1.807, 2.05) is 25.1 Å². The molecule has 16 heavy (non-hydrogen) atoms. The Morgan fingerprint density at radius 3 is 2.69 bits per heavy atom. The van der Waals surface area contributed by atoms with Crippen molar-refractivity contribution < 1.29 is 5.11 Å². The van der Waals surface area contributed by atoms with E-state index in [1.165, 1.54) is 4.88 Å². The molecule has 0 radical (unpaired) electrons. The number of hydrogen-bond acceptors (Lipinski definition) is 2. The largest absolute Gasteiger partial charge is 0.383 e. The summed E-state index contributed by atoms with van der Waals surface area (Å²) >= 11 is 10.9. The molecule has 0 saturated heterocycles. The minimum absolute atomic E-state index is 0.619. The van der Waals surface area contributed by atoms with Crippen molar-refractivity contribution in [1.82, 2.24) is 0 Å². The van der Waals surface area contributed by atoms with Gasteiger partial charge < -0.3 is 5.11 Å². The van der Waals surface area contributed by atoms with Crippen LogP contribution in [-0.4, -0.2) is 5.11 Å². The second kappa shape index (κ2) is 4.88. The molecule has 0 aliphatic rings. The smallest absolute Gasteiger partial charge is 0.114 e. The van der Waals surface area contributed by atoms with Crippen LogP contribution in [-0.2, 0) is 0 Å². The van der Waals surface area contributed by atoms with Crippen LogP contribution in [0.4, 0.5) is 0 Å². The fourth-order valence-electron chi connectivity index (χ4n) is 1.52. The lowest BCUT2D eigenvalue weighted by molar-refractivity contribution is 0.223. The van der Waals surface area contributed by atoms with Crippen molar-refractivity contribution in [2.75, 3.05) is 0 Å². The zero-order valence-corrected chi connectivity index (χ0v) is 11.7. The van der Waals surface area contributed by atoms with Crippen molar-refractivity contribution in [3.05, 3.63) is 55.1 Å². The Kier molecular flexibility index (Phi) is 3.70. The average Bonchev–Trinajstić information content (AvgIpc) is 2.57. The third-order valence-electron chi connectivity index (χ3n) is 2.25. The number of rotatable bonds is 2. The first kappa shape index (κ1) is 12.1. The molecule has 1 atom stereocenters. The average molecular weight is 318 g/mol. The highest BCUT2D eigenvalue weighted by Gasteiger charge is 2.16. The van der Waals surface area contributed by atoms with E-state index in [9.17, 15) is 5.11 Å². The van der Waals surface area contributed by atoms with Gasteiger partial charge in [-0.3, -0.25) is 0 Å². The van der Waals surface area contributed by atoms with Gasteiger partial charge in [0.25, 0.3) is 0 Å². The zero-order chi connectivity index (χ0) is 11.7. The molecule has 1 nitrogen and oxygen atoms in total. The van der Waals surface area contributed by atoms with Crippen LogP contribution in [0.5, 0.6) is 0 Å². The first-order valence-electron chi connectivity index (χ1n) is 4.77. The van der Waals surface area contributed by atoms with Crippen LogP contribution in [0, 0.1) is 6.92 Å². The lowest BCUT2D eigenvalue weighted by Crippen LogP contribution is -1.97. The number of aliphatic hydroxyl groups excluding tert-OH is 1. The van der Waals surface area contributed by atoms with Gasteiger partial charge >= 0.3 is 0 Å². The lowest BCUT2D eigenvalue weighted by Gasteiger charge is -2.10. The summed E-state index contributed by atoms with van der Waals surface area (Å²) in [4.78, 5) is 2.09. The van der Waals surface area contributed by atoms with Crippen LogP contribution in [0.25, 0.3) is 0 Å². The van der Waals surface area contributed by atoms with Crippen LogP contribution in [0.1, 0.15) is 21.4 Å². The lowest BCUT2D eigenvalue weighted by atomic mass is 10.1. The topological polar surface area (TPSA) is 20.2 Å². The molecule has 1 aromatic heterocycles. The van der Waals surface area contributed by atoms with Gasteiger partial charge in [-0.1, -0.05) is 23.7 Å². The molecular weight excluding hydrogens is 308 g/mol. The molecule has 0 bridgehead atoms. The molecule has 1 unspecified atom stereocenters. The fraction of sp³-hybridized carbons (Fsp3) is 0.167. The first-order valence-corrected chi connectivity index (χ1v) is 6.76. The Labute approximate surface area is 112 Å². The van der Waals surface area contributed by atoms with E-state index in [0.717, 1.165) is 14.9 Å². The van der Waals surface area contributed by atoms with Gasteiger partial charge in [-0.05, 0) is 46.6 Å². The van der Waals surface area contributed by atoms with Crippen LogP contribution in [0.2, 0.25) is 5.02 Å². The first-order chi connectivity index (χ1) is 7.58. The summed E-state index contributed by atoms with van der Waals surface area (Å²) < 4.78 is 0.947. The summed E-state index contributed by atoms with van der Waals surface area (Å²) in [5.41, 5.74) is 0.815.